The number of hydrogen-bond donors (Lipinski definition) is 2. The number of nitrogens with one attached hydrogen (secondary N) is 1. The van der Waals surface area contributed by atoms with Gasteiger partial charge in [-0.2, -0.15) is 18.3 Å². The van der Waals surface area contributed by atoms with E-state index < -0.39 is 12.1 Å². The Balaban J connectivity index is 0.000000383. The van der Waals surface area contributed by atoms with Crippen molar-refractivity contribution >= 4 is 17.6 Å². The summed E-state index contributed by atoms with van der Waals surface area (Å²) in [5.74, 6) is -2.64. The fourth-order valence-electron chi connectivity index (χ4n) is 4.40. The fraction of sp³-hybridized carbons (Fsp3) is 0.500. The highest BCUT2D eigenvalue weighted by molar-refractivity contribution is 5.93. The molecule has 0 aliphatic carbocycles. The van der Waals surface area contributed by atoms with E-state index in [1.807, 2.05) is 54.5 Å². The van der Waals surface area contributed by atoms with Crippen LogP contribution >= 0.6 is 0 Å². The molecule has 2 aliphatic rings. The van der Waals surface area contributed by atoms with Gasteiger partial charge in [0.1, 0.15) is 0 Å². The molecule has 0 saturated carbocycles. The molecule has 3 heterocycles. The summed E-state index contributed by atoms with van der Waals surface area (Å²) in [6.07, 6.45) is 0.773. The lowest BCUT2D eigenvalue weighted by Gasteiger charge is -2.37. The van der Waals surface area contributed by atoms with Gasteiger partial charge < -0.3 is 15.2 Å². The third-order valence-corrected chi connectivity index (χ3v) is 5.97. The van der Waals surface area contributed by atoms with Crippen molar-refractivity contribution in [3.63, 3.8) is 0 Å². The minimum atomic E-state index is -5.08. The normalized spacial score (nSPS) is 20.2. The molecule has 2 fully saturated rings. The molecule has 2 saturated heterocycles. The summed E-state index contributed by atoms with van der Waals surface area (Å²) in [7, 11) is 1.93. The first-order chi connectivity index (χ1) is 15.6. The van der Waals surface area contributed by atoms with E-state index in [9.17, 15) is 18.0 Å². The van der Waals surface area contributed by atoms with Crippen LogP contribution in [0.15, 0.2) is 42.7 Å². The zero-order valence-electron chi connectivity index (χ0n) is 18.2. The molecule has 2 aliphatic heterocycles. The maximum absolute atomic E-state index is 13.1. The second kappa shape index (κ2) is 10.3. The Morgan fingerprint density at radius 2 is 1.88 bits per heavy atom. The number of halogens is 3. The number of carbonyl (C=O) groups excluding carboxylic acids is 1. The number of hydrogen-bond acceptors (Lipinski definition) is 5. The number of aromatic nitrogens is 2. The number of nitrogens with zero attached hydrogens (tertiary/aromatic N) is 3. The number of likely N-dealkylation sites (tertiary alicyclic amines) is 1. The van der Waals surface area contributed by atoms with E-state index in [0.717, 1.165) is 51.4 Å². The predicted molar refractivity (Wildman–Crippen MR) is 113 cm³/mol. The van der Waals surface area contributed by atoms with Crippen LogP contribution < -0.4 is 5.32 Å². The van der Waals surface area contributed by atoms with E-state index in [1.54, 1.807) is 0 Å². The van der Waals surface area contributed by atoms with E-state index in [0.29, 0.717) is 0 Å². The Labute approximate surface area is 189 Å². The van der Waals surface area contributed by atoms with Gasteiger partial charge in [-0.05, 0) is 25.0 Å². The van der Waals surface area contributed by atoms with Gasteiger partial charge >= 0.3 is 12.1 Å². The lowest BCUT2D eigenvalue weighted by atomic mass is 9.71. The van der Waals surface area contributed by atoms with Crippen molar-refractivity contribution < 1.29 is 32.6 Å². The van der Waals surface area contributed by atoms with E-state index in [2.05, 4.69) is 15.3 Å². The Kier molecular flexibility index (Phi) is 7.75. The van der Waals surface area contributed by atoms with Gasteiger partial charge in [0.25, 0.3) is 0 Å². The summed E-state index contributed by atoms with van der Waals surface area (Å²) in [6, 6.07) is 9.74. The Bertz CT molecular complexity index is 943. The number of ether oxygens (including phenoxy) is 1. The highest BCUT2D eigenvalue weighted by atomic mass is 19.4. The lowest BCUT2D eigenvalue weighted by Crippen LogP contribution is -2.42. The standard InChI is InChI=1S/C20H26N4O2.C2HF3O2/c1-23-12-16(11-21-23)13-24-14-18(20(15-24)7-9-26-10-8-20)19(25)22-17-5-3-2-4-6-17;3-2(4,5)1(6)7/h2-6,11-12,18H,7-10,13-15H2,1H3,(H,22,25);(H,6,7). The van der Waals surface area contributed by atoms with Crippen LogP contribution in [0.3, 0.4) is 0 Å². The van der Waals surface area contributed by atoms with Crippen molar-refractivity contribution in [2.75, 3.05) is 31.6 Å². The van der Waals surface area contributed by atoms with E-state index in [4.69, 9.17) is 14.6 Å². The first kappa shape index (κ1) is 24.7. The molecule has 4 rings (SSSR count). The van der Waals surface area contributed by atoms with Crippen molar-refractivity contribution in [3.05, 3.63) is 48.3 Å². The van der Waals surface area contributed by atoms with Gasteiger partial charge in [-0.25, -0.2) is 4.79 Å². The second-order valence-corrected chi connectivity index (χ2v) is 8.38. The second-order valence-electron chi connectivity index (χ2n) is 8.38. The van der Waals surface area contributed by atoms with Crippen molar-refractivity contribution in [3.8, 4) is 0 Å². The van der Waals surface area contributed by atoms with Crippen molar-refractivity contribution in [2.45, 2.75) is 25.6 Å². The number of carbonyl (C=O) groups is 2. The number of aryl methyl sites for hydroxylation is 1. The highest BCUT2D eigenvalue weighted by Gasteiger charge is 2.50. The van der Waals surface area contributed by atoms with Crippen LogP contribution in [0, 0.1) is 11.3 Å². The molecule has 180 valence electrons. The maximum Gasteiger partial charge on any atom is 0.490 e. The third-order valence-electron chi connectivity index (χ3n) is 5.97. The number of rotatable bonds is 4. The Hall–Kier alpha value is -2.92. The fourth-order valence-corrected chi connectivity index (χ4v) is 4.40. The lowest BCUT2D eigenvalue weighted by molar-refractivity contribution is -0.192. The largest absolute Gasteiger partial charge is 0.490 e. The molecule has 8 nitrogen and oxygen atoms in total. The van der Waals surface area contributed by atoms with Crippen LogP contribution in [-0.2, 0) is 27.9 Å². The first-order valence-electron chi connectivity index (χ1n) is 10.5. The summed E-state index contributed by atoms with van der Waals surface area (Å²) in [4.78, 5) is 24.4. The van der Waals surface area contributed by atoms with Crippen molar-refractivity contribution in [1.29, 1.82) is 0 Å². The quantitative estimate of drug-likeness (QED) is 0.717. The van der Waals surface area contributed by atoms with Crippen LogP contribution in [-0.4, -0.2) is 64.1 Å². The van der Waals surface area contributed by atoms with Gasteiger partial charge in [0.05, 0.1) is 12.1 Å². The minimum absolute atomic E-state index is 0.0109. The van der Waals surface area contributed by atoms with Crippen molar-refractivity contribution in [2.24, 2.45) is 18.4 Å². The summed E-state index contributed by atoms with van der Waals surface area (Å²) >= 11 is 0. The Morgan fingerprint density at radius 1 is 1.24 bits per heavy atom. The number of para-hydroxylation sites is 1. The van der Waals surface area contributed by atoms with Gasteiger partial charge in [0.2, 0.25) is 5.91 Å². The third kappa shape index (κ3) is 6.55. The van der Waals surface area contributed by atoms with E-state index in [1.165, 1.54) is 5.56 Å². The number of carboxylic acid groups (broad SMARTS) is 1. The molecule has 2 aromatic rings. The molecule has 33 heavy (non-hydrogen) atoms. The summed E-state index contributed by atoms with van der Waals surface area (Å²) in [5.41, 5.74) is 2.07. The smallest absolute Gasteiger partial charge is 0.475 e. The molecule has 1 aromatic carbocycles. The molecule has 11 heteroatoms. The van der Waals surface area contributed by atoms with Crippen LogP contribution in [0.25, 0.3) is 0 Å². The monoisotopic (exact) mass is 468 g/mol. The molecular formula is C22H27F3N4O4. The number of carboxylic acids is 1. The number of alkyl halides is 3. The van der Waals surface area contributed by atoms with E-state index >= 15 is 0 Å². The van der Waals surface area contributed by atoms with Crippen molar-refractivity contribution in [1.82, 2.24) is 14.7 Å². The van der Waals surface area contributed by atoms with Gasteiger partial charge in [-0.3, -0.25) is 14.4 Å². The van der Waals surface area contributed by atoms with Crippen LogP contribution in [0.1, 0.15) is 18.4 Å². The molecule has 1 atom stereocenters. The summed E-state index contributed by atoms with van der Waals surface area (Å²) in [6.45, 7) is 4.06. The van der Waals surface area contributed by atoms with Gasteiger partial charge in [-0.15, -0.1) is 0 Å². The summed E-state index contributed by atoms with van der Waals surface area (Å²) in [5, 5.41) is 14.5. The maximum atomic E-state index is 13.1. The van der Waals surface area contributed by atoms with Gasteiger partial charge in [0.15, 0.2) is 0 Å². The number of benzene rings is 1. The minimum Gasteiger partial charge on any atom is -0.475 e. The molecule has 0 bridgehead atoms. The molecule has 0 radical (unpaired) electrons. The molecule has 1 amide bonds. The molecule has 1 spiro atoms. The molecular weight excluding hydrogens is 441 g/mol. The van der Waals surface area contributed by atoms with Crippen LogP contribution in [0.2, 0.25) is 0 Å². The zero-order valence-corrected chi connectivity index (χ0v) is 18.2. The highest BCUT2D eigenvalue weighted by Crippen LogP contribution is 2.45. The predicted octanol–water partition coefficient (Wildman–Crippen LogP) is 2.92. The topological polar surface area (TPSA) is 96.7 Å². The average molecular weight is 468 g/mol. The van der Waals surface area contributed by atoms with Gasteiger partial charge in [0, 0.05) is 62.8 Å². The molecule has 2 N–H and O–H groups in total. The average Bonchev–Trinajstić information content (AvgIpc) is 3.32. The van der Waals surface area contributed by atoms with E-state index in [-0.39, 0.29) is 17.2 Å². The van der Waals surface area contributed by atoms with Crippen LogP contribution in [0.4, 0.5) is 18.9 Å². The van der Waals surface area contributed by atoms with Gasteiger partial charge in [-0.1, -0.05) is 18.2 Å². The summed E-state index contributed by atoms with van der Waals surface area (Å²) < 4.78 is 39.2. The Morgan fingerprint density at radius 3 is 2.42 bits per heavy atom. The SMILES string of the molecule is Cn1cc(CN2CC(C(=O)Nc3ccccc3)C3(CCOCC3)C2)cn1.O=C(O)C(F)(F)F. The number of anilines is 1. The first-order valence-corrected chi connectivity index (χ1v) is 10.5. The molecule has 1 unspecified atom stereocenters. The number of aliphatic carboxylic acids is 1. The molecule has 1 aromatic heterocycles. The van der Waals surface area contributed by atoms with Crippen LogP contribution in [0.5, 0.6) is 0 Å². The number of amides is 1. The zero-order chi connectivity index (χ0) is 24.1.